The molecule has 0 aromatic carbocycles. The maximum absolute atomic E-state index is 12.5. The van der Waals surface area contributed by atoms with E-state index in [2.05, 4.69) is 0 Å². The Morgan fingerprint density at radius 3 is 2.54 bits per heavy atom. The zero-order valence-corrected chi connectivity index (χ0v) is 14.9. The van der Waals surface area contributed by atoms with Crippen molar-refractivity contribution in [1.82, 2.24) is 0 Å². The zero-order chi connectivity index (χ0) is 17.9. The Balaban J connectivity index is 2.35. The molecule has 2 bridgehead atoms. The van der Waals surface area contributed by atoms with Crippen LogP contribution in [0.2, 0.25) is 0 Å². The first kappa shape index (κ1) is 18.4. The molecule has 0 radical (unpaired) electrons. The second-order valence-corrected chi connectivity index (χ2v) is 7.16. The van der Waals surface area contributed by atoms with Crippen molar-refractivity contribution in [1.29, 1.82) is 0 Å². The van der Waals surface area contributed by atoms with Crippen molar-refractivity contribution in [3.63, 3.8) is 0 Å². The van der Waals surface area contributed by atoms with E-state index < -0.39 is 12.1 Å². The quantitative estimate of drug-likeness (QED) is 0.688. The van der Waals surface area contributed by atoms with Gasteiger partial charge in [-0.05, 0) is 50.3 Å². The lowest BCUT2D eigenvalue weighted by Gasteiger charge is -2.24. The van der Waals surface area contributed by atoms with Crippen LogP contribution in [0.4, 0.5) is 0 Å². The van der Waals surface area contributed by atoms with Gasteiger partial charge < -0.3 is 4.74 Å². The Morgan fingerprint density at radius 1 is 1.17 bits per heavy atom. The summed E-state index contributed by atoms with van der Waals surface area (Å²) < 4.78 is 5.46. The molecular formula is C20H26O4. The summed E-state index contributed by atoms with van der Waals surface area (Å²) in [7, 11) is 0. The van der Waals surface area contributed by atoms with Gasteiger partial charge in [0.1, 0.15) is 6.10 Å². The van der Waals surface area contributed by atoms with Gasteiger partial charge in [0, 0.05) is 24.3 Å². The van der Waals surface area contributed by atoms with E-state index >= 15 is 0 Å². The number of allylic oxidation sites excluding steroid dienone is 4. The van der Waals surface area contributed by atoms with Crippen LogP contribution in [0.25, 0.3) is 0 Å². The summed E-state index contributed by atoms with van der Waals surface area (Å²) in [6.07, 6.45) is 6.74. The summed E-state index contributed by atoms with van der Waals surface area (Å²) in [5, 5.41) is 0. The first-order valence-electron chi connectivity index (χ1n) is 8.59. The molecule has 0 N–H and O–H groups in total. The fourth-order valence-corrected chi connectivity index (χ4v) is 3.16. The van der Waals surface area contributed by atoms with E-state index in [0.717, 1.165) is 24.0 Å². The van der Waals surface area contributed by atoms with Crippen LogP contribution in [0.15, 0.2) is 34.9 Å². The third-order valence-corrected chi connectivity index (χ3v) is 4.77. The number of carbonyl (C=O) groups is 3. The van der Waals surface area contributed by atoms with Gasteiger partial charge in [0.25, 0.3) is 0 Å². The predicted octanol–water partition coefficient (Wildman–Crippen LogP) is 3.72. The van der Waals surface area contributed by atoms with Crippen molar-refractivity contribution in [3.05, 3.63) is 34.9 Å². The number of hydrogen-bond donors (Lipinski definition) is 0. The molecule has 1 aliphatic carbocycles. The van der Waals surface area contributed by atoms with Gasteiger partial charge in [0.2, 0.25) is 0 Å². The number of ketones is 2. The third-order valence-electron chi connectivity index (χ3n) is 4.77. The maximum Gasteiger partial charge on any atom is 0.334 e. The Bertz CT molecular complexity index is 634. The molecule has 0 saturated carbocycles. The molecule has 0 spiro atoms. The van der Waals surface area contributed by atoms with E-state index in [1.54, 1.807) is 12.2 Å². The van der Waals surface area contributed by atoms with E-state index in [4.69, 9.17) is 4.74 Å². The van der Waals surface area contributed by atoms with Crippen molar-refractivity contribution in [2.75, 3.05) is 0 Å². The van der Waals surface area contributed by atoms with Gasteiger partial charge in [-0.3, -0.25) is 9.59 Å². The maximum atomic E-state index is 12.5. The van der Waals surface area contributed by atoms with Gasteiger partial charge >= 0.3 is 5.97 Å². The van der Waals surface area contributed by atoms with Gasteiger partial charge in [-0.25, -0.2) is 4.79 Å². The van der Waals surface area contributed by atoms with Gasteiger partial charge in [-0.15, -0.1) is 0 Å². The van der Waals surface area contributed by atoms with Crippen molar-refractivity contribution in [3.8, 4) is 0 Å². The minimum Gasteiger partial charge on any atom is -0.454 e. The highest BCUT2D eigenvalue weighted by Crippen LogP contribution is 2.31. The molecular weight excluding hydrogens is 304 g/mol. The number of carbonyl (C=O) groups excluding carboxylic acids is 3. The van der Waals surface area contributed by atoms with E-state index in [1.807, 2.05) is 33.8 Å². The second kappa shape index (κ2) is 7.73. The molecule has 0 aromatic heterocycles. The lowest BCUT2D eigenvalue weighted by Crippen LogP contribution is -2.28. The molecule has 0 amide bonds. The van der Waals surface area contributed by atoms with Gasteiger partial charge in [0.05, 0.1) is 0 Å². The number of hydrogen-bond acceptors (Lipinski definition) is 4. The van der Waals surface area contributed by atoms with Crippen LogP contribution in [0, 0.1) is 11.8 Å². The third kappa shape index (κ3) is 4.53. The predicted molar refractivity (Wildman–Crippen MR) is 92.3 cm³/mol. The molecule has 2 atom stereocenters. The summed E-state index contributed by atoms with van der Waals surface area (Å²) in [6.45, 7) is 7.78. The lowest BCUT2D eigenvalue weighted by atomic mass is 9.84. The SMILES string of the molecule is C/C1=C/CC/C(C)=C/C(=O)CC2=C[C@@H](OC2=O)[C@@H](C(C)C)CC1=O. The van der Waals surface area contributed by atoms with Crippen LogP contribution < -0.4 is 0 Å². The van der Waals surface area contributed by atoms with Crippen molar-refractivity contribution < 1.29 is 19.1 Å². The molecule has 1 aliphatic heterocycles. The van der Waals surface area contributed by atoms with Crippen LogP contribution in [0.5, 0.6) is 0 Å². The first-order valence-corrected chi connectivity index (χ1v) is 8.59. The standard InChI is InChI=1S/C20H26O4/c1-12(2)17-11-18(22)14(4)7-5-6-13(3)8-16(21)9-15-10-19(17)24-20(15)23/h7-8,10,12,17,19H,5-6,9,11H2,1-4H3/b13-8+,14-7-/t17-,19-/m1/s1. The average molecular weight is 330 g/mol. The van der Waals surface area contributed by atoms with Gasteiger partial charge in [0.15, 0.2) is 11.6 Å². The molecule has 4 heteroatoms. The molecule has 24 heavy (non-hydrogen) atoms. The van der Waals surface area contributed by atoms with Crippen LogP contribution in [0.3, 0.4) is 0 Å². The Kier molecular flexibility index (Phi) is 5.92. The van der Waals surface area contributed by atoms with E-state index in [1.165, 1.54) is 0 Å². The van der Waals surface area contributed by atoms with Crippen LogP contribution in [0.1, 0.15) is 53.4 Å². The molecule has 130 valence electrons. The summed E-state index contributed by atoms with van der Waals surface area (Å²) in [5.41, 5.74) is 2.11. The Hall–Kier alpha value is -1.97. The van der Waals surface area contributed by atoms with E-state index in [0.29, 0.717) is 12.0 Å². The fraction of sp³-hybridized carbons (Fsp3) is 0.550. The highest BCUT2D eigenvalue weighted by Gasteiger charge is 2.35. The normalized spacial score (nSPS) is 30.9. The lowest BCUT2D eigenvalue weighted by molar-refractivity contribution is -0.143. The molecule has 4 nitrogen and oxygen atoms in total. The highest BCUT2D eigenvalue weighted by atomic mass is 16.5. The number of ether oxygens (including phenoxy) is 1. The molecule has 2 rings (SSSR count). The molecule has 0 fully saturated rings. The summed E-state index contributed by atoms with van der Waals surface area (Å²) in [4.78, 5) is 36.7. The van der Waals surface area contributed by atoms with E-state index in [9.17, 15) is 14.4 Å². The van der Waals surface area contributed by atoms with Gasteiger partial charge in [-0.2, -0.15) is 0 Å². The minimum atomic E-state index is -0.431. The minimum absolute atomic E-state index is 0.0697. The number of Topliss-reactive ketones (excluding diaryl/α,β-unsaturated/α-hetero) is 1. The monoisotopic (exact) mass is 330 g/mol. The number of fused-ring (bicyclic) bond motifs is 1. The Labute approximate surface area is 143 Å². The summed E-state index contributed by atoms with van der Waals surface area (Å²) in [5.74, 6) is -0.286. The topological polar surface area (TPSA) is 60.4 Å². The number of esters is 1. The van der Waals surface area contributed by atoms with Crippen molar-refractivity contribution >= 4 is 17.5 Å². The van der Waals surface area contributed by atoms with Crippen LogP contribution >= 0.6 is 0 Å². The smallest absolute Gasteiger partial charge is 0.334 e. The first-order chi connectivity index (χ1) is 11.3. The second-order valence-electron chi connectivity index (χ2n) is 7.16. The van der Waals surface area contributed by atoms with Crippen molar-refractivity contribution in [2.24, 2.45) is 11.8 Å². The molecule has 2 aliphatic rings. The zero-order valence-electron chi connectivity index (χ0n) is 14.9. The summed E-state index contributed by atoms with van der Waals surface area (Å²) in [6, 6.07) is 0. The van der Waals surface area contributed by atoms with Gasteiger partial charge in [-0.1, -0.05) is 25.5 Å². The molecule has 0 unspecified atom stereocenters. The fourth-order valence-electron chi connectivity index (χ4n) is 3.16. The molecule has 0 aromatic rings. The van der Waals surface area contributed by atoms with Crippen LogP contribution in [-0.4, -0.2) is 23.6 Å². The van der Waals surface area contributed by atoms with Crippen molar-refractivity contribution in [2.45, 2.75) is 59.5 Å². The number of rotatable bonds is 1. The molecule has 1 heterocycles. The average Bonchev–Trinajstić information content (AvgIpc) is 2.83. The highest BCUT2D eigenvalue weighted by molar-refractivity contribution is 6.01. The van der Waals surface area contributed by atoms with Crippen LogP contribution in [-0.2, 0) is 19.1 Å². The van der Waals surface area contributed by atoms with E-state index in [-0.39, 0.29) is 29.8 Å². The molecule has 0 saturated heterocycles. The Morgan fingerprint density at radius 2 is 1.88 bits per heavy atom. The summed E-state index contributed by atoms with van der Waals surface area (Å²) >= 11 is 0. The largest absolute Gasteiger partial charge is 0.454 e.